The van der Waals surface area contributed by atoms with Gasteiger partial charge in [-0.15, -0.1) is 0 Å². The molecule has 6 heteroatoms. The lowest BCUT2D eigenvalue weighted by Crippen LogP contribution is -2.46. The van der Waals surface area contributed by atoms with Crippen molar-refractivity contribution in [1.29, 1.82) is 0 Å². The SMILES string of the molecule is CC/C=C/C/C=C/C/C=C/CCCCCCC(=O)OC(CCCCCCCCCC)CC(=O)NC(CO)C(O)CCCCCCCCCCCCC. The Balaban J connectivity index is 4.53. The van der Waals surface area contributed by atoms with E-state index in [0.717, 1.165) is 89.9 Å². The molecule has 0 saturated carbocycles. The van der Waals surface area contributed by atoms with Crippen LogP contribution >= 0.6 is 0 Å². The highest BCUT2D eigenvalue weighted by Crippen LogP contribution is 2.17. The number of rotatable bonds is 39. The third-order valence-electron chi connectivity index (χ3n) is 9.98. The normalized spacial score (nSPS) is 13.7. The number of hydrogen-bond donors (Lipinski definition) is 3. The Labute approximate surface area is 322 Å². The molecule has 3 unspecified atom stereocenters. The zero-order chi connectivity index (χ0) is 38.2. The van der Waals surface area contributed by atoms with Gasteiger partial charge in [0.25, 0.3) is 0 Å². The molecule has 0 radical (unpaired) electrons. The van der Waals surface area contributed by atoms with E-state index < -0.39 is 18.2 Å². The molecule has 6 nitrogen and oxygen atoms in total. The van der Waals surface area contributed by atoms with Gasteiger partial charge in [-0.1, -0.05) is 186 Å². The van der Waals surface area contributed by atoms with E-state index in [4.69, 9.17) is 4.74 Å². The van der Waals surface area contributed by atoms with Crippen LogP contribution in [0.5, 0.6) is 0 Å². The average molecular weight is 732 g/mol. The molecule has 0 aliphatic heterocycles. The van der Waals surface area contributed by atoms with Crippen molar-refractivity contribution in [2.24, 2.45) is 0 Å². The molecule has 3 atom stereocenters. The number of unbranched alkanes of at least 4 members (excludes halogenated alkanes) is 21. The highest BCUT2D eigenvalue weighted by molar-refractivity contribution is 5.77. The van der Waals surface area contributed by atoms with E-state index in [2.05, 4.69) is 62.5 Å². The van der Waals surface area contributed by atoms with Gasteiger partial charge in [0.2, 0.25) is 5.91 Å². The van der Waals surface area contributed by atoms with Gasteiger partial charge in [0.05, 0.1) is 25.2 Å². The van der Waals surface area contributed by atoms with Crippen LogP contribution in [-0.4, -0.2) is 46.9 Å². The summed E-state index contributed by atoms with van der Waals surface area (Å²) < 4.78 is 5.87. The van der Waals surface area contributed by atoms with Crippen LogP contribution in [0.25, 0.3) is 0 Å². The number of allylic oxidation sites excluding steroid dienone is 6. The van der Waals surface area contributed by atoms with E-state index in [0.29, 0.717) is 19.3 Å². The van der Waals surface area contributed by atoms with Crippen LogP contribution in [0.2, 0.25) is 0 Å². The third kappa shape index (κ3) is 35.1. The molecule has 0 aliphatic carbocycles. The number of esters is 1. The van der Waals surface area contributed by atoms with Crippen molar-refractivity contribution in [2.75, 3.05) is 6.61 Å². The van der Waals surface area contributed by atoms with Crippen LogP contribution < -0.4 is 5.32 Å². The first-order valence-corrected chi connectivity index (χ1v) is 22.2. The fraction of sp³-hybridized carbons (Fsp3) is 0.826. The van der Waals surface area contributed by atoms with Crippen LogP contribution in [0.3, 0.4) is 0 Å². The number of ether oxygens (including phenoxy) is 1. The minimum Gasteiger partial charge on any atom is -0.462 e. The topological polar surface area (TPSA) is 95.9 Å². The van der Waals surface area contributed by atoms with Crippen LogP contribution in [0, 0.1) is 0 Å². The smallest absolute Gasteiger partial charge is 0.306 e. The van der Waals surface area contributed by atoms with Crippen molar-refractivity contribution >= 4 is 11.9 Å². The molecule has 0 spiro atoms. The Morgan fingerprint density at radius 3 is 1.58 bits per heavy atom. The zero-order valence-corrected chi connectivity index (χ0v) is 34.4. The number of amides is 1. The first kappa shape index (κ1) is 50.1. The quantitative estimate of drug-likeness (QED) is 0.0332. The maximum absolute atomic E-state index is 13.1. The van der Waals surface area contributed by atoms with Gasteiger partial charge in [-0.3, -0.25) is 9.59 Å². The highest BCUT2D eigenvalue weighted by Gasteiger charge is 2.24. The molecule has 3 N–H and O–H groups in total. The summed E-state index contributed by atoms with van der Waals surface area (Å²) in [4.78, 5) is 25.9. The molecule has 0 aromatic rings. The average Bonchev–Trinajstić information content (AvgIpc) is 3.13. The molecule has 0 rings (SSSR count). The first-order valence-electron chi connectivity index (χ1n) is 22.2. The van der Waals surface area contributed by atoms with E-state index in [1.165, 1.54) is 83.5 Å². The lowest BCUT2D eigenvalue weighted by Gasteiger charge is -2.24. The Morgan fingerprint density at radius 1 is 0.577 bits per heavy atom. The van der Waals surface area contributed by atoms with Crippen molar-refractivity contribution in [1.82, 2.24) is 5.32 Å². The van der Waals surface area contributed by atoms with Gasteiger partial charge in [0.15, 0.2) is 0 Å². The summed E-state index contributed by atoms with van der Waals surface area (Å²) in [5.41, 5.74) is 0. The molecule has 0 saturated heterocycles. The van der Waals surface area contributed by atoms with E-state index in [-0.39, 0.29) is 24.9 Å². The van der Waals surface area contributed by atoms with E-state index >= 15 is 0 Å². The number of aliphatic hydroxyl groups is 2. The molecular formula is C46H85NO5. The summed E-state index contributed by atoms with van der Waals surface area (Å²) in [6, 6.07) is -0.700. The molecule has 304 valence electrons. The Morgan fingerprint density at radius 2 is 1.04 bits per heavy atom. The Hall–Kier alpha value is -1.92. The monoisotopic (exact) mass is 732 g/mol. The number of nitrogens with one attached hydrogen (secondary N) is 1. The molecular weight excluding hydrogens is 647 g/mol. The van der Waals surface area contributed by atoms with Crippen molar-refractivity contribution in [2.45, 2.75) is 238 Å². The Kier molecular flexibility index (Phi) is 38.8. The van der Waals surface area contributed by atoms with Crippen LogP contribution in [0.15, 0.2) is 36.5 Å². The van der Waals surface area contributed by atoms with E-state index in [9.17, 15) is 19.8 Å². The van der Waals surface area contributed by atoms with Crippen molar-refractivity contribution in [3.8, 4) is 0 Å². The maximum atomic E-state index is 13.1. The van der Waals surface area contributed by atoms with E-state index in [1.807, 2.05) is 0 Å². The van der Waals surface area contributed by atoms with Gasteiger partial charge in [-0.05, 0) is 57.8 Å². The van der Waals surface area contributed by atoms with Crippen molar-refractivity contribution < 1.29 is 24.5 Å². The number of hydrogen-bond acceptors (Lipinski definition) is 5. The minimum atomic E-state index is -0.786. The highest BCUT2D eigenvalue weighted by atomic mass is 16.5. The molecule has 0 bridgehead atoms. The standard InChI is InChI=1S/C46H85NO5/c1-4-7-10-13-16-19-21-22-23-25-27-30-33-36-39-46(51)52-42(37-34-31-28-18-15-12-9-6-3)40-45(50)47-43(41-48)44(49)38-35-32-29-26-24-20-17-14-11-8-5-2/h7,10,16,19,22-23,42-44,48-49H,4-6,8-9,11-15,17-18,20-21,24-41H2,1-3H3,(H,47,50)/b10-7+,19-16+,23-22+. The molecule has 0 aromatic heterocycles. The van der Waals surface area contributed by atoms with Gasteiger partial charge in [-0.2, -0.15) is 0 Å². The third-order valence-corrected chi connectivity index (χ3v) is 9.98. The molecule has 0 heterocycles. The minimum absolute atomic E-state index is 0.0703. The lowest BCUT2D eigenvalue weighted by molar-refractivity contribution is -0.151. The predicted octanol–water partition coefficient (Wildman–Crippen LogP) is 12.6. The molecule has 1 amide bonds. The second kappa shape index (κ2) is 40.3. The Bertz CT molecular complexity index is 869. The first-order chi connectivity index (χ1) is 25.5. The van der Waals surface area contributed by atoms with E-state index in [1.54, 1.807) is 0 Å². The van der Waals surface area contributed by atoms with Gasteiger partial charge >= 0.3 is 5.97 Å². The molecule has 0 aliphatic rings. The van der Waals surface area contributed by atoms with Gasteiger partial charge in [-0.25, -0.2) is 0 Å². The molecule has 0 fully saturated rings. The number of carbonyl (C=O) groups excluding carboxylic acids is 2. The molecule has 0 aromatic carbocycles. The second-order valence-electron chi connectivity index (χ2n) is 15.1. The van der Waals surface area contributed by atoms with Crippen LogP contribution in [0.4, 0.5) is 0 Å². The largest absolute Gasteiger partial charge is 0.462 e. The summed E-state index contributed by atoms with van der Waals surface area (Å²) in [6.07, 6.45) is 44.9. The van der Waals surface area contributed by atoms with Crippen molar-refractivity contribution in [3.05, 3.63) is 36.5 Å². The zero-order valence-electron chi connectivity index (χ0n) is 34.4. The van der Waals surface area contributed by atoms with Gasteiger partial charge < -0.3 is 20.3 Å². The van der Waals surface area contributed by atoms with Gasteiger partial charge in [0.1, 0.15) is 6.10 Å². The summed E-state index contributed by atoms with van der Waals surface area (Å²) >= 11 is 0. The van der Waals surface area contributed by atoms with Crippen LogP contribution in [-0.2, 0) is 14.3 Å². The lowest BCUT2D eigenvalue weighted by atomic mass is 10.0. The maximum Gasteiger partial charge on any atom is 0.306 e. The fourth-order valence-corrected chi connectivity index (χ4v) is 6.62. The fourth-order valence-electron chi connectivity index (χ4n) is 6.62. The summed E-state index contributed by atoms with van der Waals surface area (Å²) in [5, 5.41) is 23.6. The van der Waals surface area contributed by atoms with Gasteiger partial charge in [0, 0.05) is 6.42 Å². The van der Waals surface area contributed by atoms with Crippen LogP contribution in [0.1, 0.15) is 220 Å². The predicted molar refractivity (Wildman–Crippen MR) is 222 cm³/mol. The second-order valence-corrected chi connectivity index (χ2v) is 15.1. The van der Waals surface area contributed by atoms with Crippen molar-refractivity contribution in [3.63, 3.8) is 0 Å². The number of aliphatic hydroxyl groups excluding tert-OH is 2. The number of carbonyl (C=O) groups is 2. The summed E-state index contributed by atoms with van der Waals surface area (Å²) in [5.74, 6) is -0.501. The summed E-state index contributed by atoms with van der Waals surface area (Å²) in [7, 11) is 0. The molecule has 52 heavy (non-hydrogen) atoms. The summed E-state index contributed by atoms with van der Waals surface area (Å²) in [6.45, 7) is 6.32.